The molecule has 0 atom stereocenters. The van der Waals surface area contributed by atoms with Crippen LogP contribution in [0.4, 0.5) is 10.1 Å². The van der Waals surface area contributed by atoms with Crippen LogP contribution in [-0.4, -0.2) is 41.5 Å². The fourth-order valence-corrected chi connectivity index (χ4v) is 4.63. The van der Waals surface area contributed by atoms with Crippen LogP contribution < -0.4 is 5.32 Å². The van der Waals surface area contributed by atoms with Crippen molar-refractivity contribution in [3.8, 4) is 0 Å². The van der Waals surface area contributed by atoms with E-state index in [4.69, 9.17) is 9.84 Å². The maximum absolute atomic E-state index is 13.8. The Kier molecular flexibility index (Phi) is 4.98. The van der Waals surface area contributed by atoms with Crippen molar-refractivity contribution in [3.05, 3.63) is 64.5 Å². The van der Waals surface area contributed by atoms with Crippen LogP contribution >= 0.6 is 0 Å². The van der Waals surface area contributed by atoms with Crippen molar-refractivity contribution in [1.82, 2.24) is 4.90 Å². The van der Waals surface area contributed by atoms with Crippen LogP contribution in [0, 0.1) is 11.7 Å². The second-order valence-corrected chi connectivity index (χ2v) is 8.33. The maximum Gasteiger partial charge on any atom is 0.306 e. The topological polar surface area (TPSA) is 78.9 Å². The van der Waals surface area contributed by atoms with E-state index in [1.165, 1.54) is 17.7 Å². The first-order valence-electron chi connectivity index (χ1n) is 10.6. The van der Waals surface area contributed by atoms with Crippen molar-refractivity contribution in [2.75, 3.05) is 25.0 Å². The normalized spacial score (nSPS) is 20.9. The summed E-state index contributed by atoms with van der Waals surface area (Å²) >= 11 is 0. The minimum atomic E-state index is -0.690. The monoisotopic (exact) mass is 422 g/mol. The number of rotatable bonds is 4. The third-order valence-corrected chi connectivity index (χ3v) is 6.39. The van der Waals surface area contributed by atoms with Gasteiger partial charge in [0.15, 0.2) is 0 Å². The average Bonchev–Trinajstić information content (AvgIpc) is 3.31. The number of ether oxygens (including phenoxy) is 1. The number of carboxylic acids is 1. The van der Waals surface area contributed by atoms with Crippen molar-refractivity contribution >= 4 is 28.9 Å². The van der Waals surface area contributed by atoms with Gasteiger partial charge in [-0.25, -0.2) is 4.39 Å². The van der Waals surface area contributed by atoms with Crippen molar-refractivity contribution in [1.29, 1.82) is 0 Å². The zero-order valence-corrected chi connectivity index (χ0v) is 17.0. The number of carbonyl (C=O) groups excluding carboxylic acids is 1. The number of amides is 1. The second kappa shape index (κ2) is 7.81. The Labute approximate surface area is 179 Å². The Morgan fingerprint density at radius 1 is 1.16 bits per heavy atom. The molecule has 1 amide bonds. The molecule has 7 heteroatoms. The second-order valence-electron chi connectivity index (χ2n) is 8.33. The lowest BCUT2D eigenvalue weighted by Gasteiger charge is -2.29. The Hall–Kier alpha value is -3.19. The van der Waals surface area contributed by atoms with Gasteiger partial charge in [0.1, 0.15) is 18.2 Å². The third kappa shape index (κ3) is 3.70. The molecule has 0 unspecified atom stereocenters. The van der Waals surface area contributed by atoms with Crippen molar-refractivity contribution in [3.63, 3.8) is 0 Å². The molecule has 2 N–H and O–H groups in total. The third-order valence-electron chi connectivity index (χ3n) is 6.39. The molecule has 0 radical (unpaired) electrons. The predicted molar refractivity (Wildman–Crippen MR) is 114 cm³/mol. The van der Waals surface area contributed by atoms with E-state index < -0.39 is 11.8 Å². The van der Waals surface area contributed by atoms with Crippen LogP contribution in [0.15, 0.2) is 36.4 Å². The summed E-state index contributed by atoms with van der Waals surface area (Å²) in [5.41, 5.74) is 4.56. The zero-order valence-electron chi connectivity index (χ0n) is 17.0. The van der Waals surface area contributed by atoms with E-state index in [9.17, 15) is 14.0 Å². The van der Waals surface area contributed by atoms with E-state index in [1.807, 2.05) is 12.1 Å². The van der Waals surface area contributed by atoms with Crippen molar-refractivity contribution in [2.45, 2.75) is 25.9 Å². The minimum Gasteiger partial charge on any atom is -0.487 e. The molecule has 6 nitrogen and oxygen atoms in total. The van der Waals surface area contributed by atoms with Crippen molar-refractivity contribution < 1.29 is 23.8 Å². The van der Waals surface area contributed by atoms with Crippen LogP contribution in [0.5, 0.6) is 0 Å². The smallest absolute Gasteiger partial charge is 0.306 e. The first-order valence-corrected chi connectivity index (χ1v) is 10.6. The first-order chi connectivity index (χ1) is 15.0. The van der Waals surface area contributed by atoms with Crippen LogP contribution in [0.25, 0.3) is 11.3 Å². The molecular formula is C24H23FN2O4. The standard InChI is InChI=1S/C24H23FN2O4/c25-17-2-4-20-19(12-17)21(23(28)26-20)22-18-3-1-14(11-16(18)13-31-22)5-8-27-9-6-15(7-10-27)24(29)30/h1-4,11-12,15H,5-10,13H2,(H,26,28)(H,29,30). The van der Waals surface area contributed by atoms with Gasteiger partial charge < -0.3 is 20.1 Å². The van der Waals surface area contributed by atoms with E-state index in [1.54, 1.807) is 6.07 Å². The van der Waals surface area contributed by atoms with Gasteiger partial charge in [-0.2, -0.15) is 0 Å². The lowest BCUT2D eigenvalue weighted by atomic mass is 9.96. The highest BCUT2D eigenvalue weighted by Crippen LogP contribution is 2.42. The average molecular weight is 422 g/mol. The lowest BCUT2D eigenvalue weighted by Crippen LogP contribution is -2.37. The minimum absolute atomic E-state index is 0.216. The van der Waals surface area contributed by atoms with Gasteiger partial charge in [0.25, 0.3) is 5.91 Å². The molecule has 31 heavy (non-hydrogen) atoms. The Morgan fingerprint density at radius 2 is 1.97 bits per heavy atom. The molecule has 160 valence electrons. The highest BCUT2D eigenvalue weighted by Gasteiger charge is 2.33. The molecule has 3 heterocycles. The highest BCUT2D eigenvalue weighted by atomic mass is 19.1. The van der Waals surface area contributed by atoms with Crippen molar-refractivity contribution in [2.24, 2.45) is 5.92 Å². The van der Waals surface area contributed by atoms with Gasteiger partial charge in [-0.1, -0.05) is 18.2 Å². The van der Waals surface area contributed by atoms with E-state index in [-0.39, 0.29) is 11.8 Å². The van der Waals surface area contributed by atoms with Crippen LogP contribution in [0.3, 0.4) is 0 Å². The van der Waals surface area contributed by atoms with Gasteiger partial charge in [-0.3, -0.25) is 9.59 Å². The van der Waals surface area contributed by atoms with Gasteiger partial charge in [-0.15, -0.1) is 0 Å². The summed E-state index contributed by atoms with van der Waals surface area (Å²) in [7, 11) is 0. The molecule has 0 bridgehead atoms. The SMILES string of the molecule is O=C1Nc2ccc(F)cc2C1=C1OCc2cc(CCN3CCC(C(=O)O)CC3)ccc21. The summed E-state index contributed by atoms with van der Waals surface area (Å²) in [6, 6.07) is 10.4. The number of nitrogens with one attached hydrogen (secondary N) is 1. The molecule has 5 rings (SSSR count). The number of piperidine rings is 1. The van der Waals surface area contributed by atoms with Gasteiger partial charge in [-0.05, 0) is 56.1 Å². The molecule has 0 spiro atoms. The van der Waals surface area contributed by atoms with Crippen LogP contribution in [0.1, 0.15) is 35.1 Å². The summed E-state index contributed by atoms with van der Waals surface area (Å²) in [5, 5.41) is 11.9. The molecule has 2 aromatic carbocycles. The zero-order chi connectivity index (χ0) is 21.5. The fraction of sp³-hybridized carbons (Fsp3) is 0.333. The summed E-state index contributed by atoms with van der Waals surface area (Å²) in [6.07, 6.45) is 2.27. The van der Waals surface area contributed by atoms with Gasteiger partial charge in [0.05, 0.1) is 11.5 Å². The van der Waals surface area contributed by atoms with E-state index >= 15 is 0 Å². The molecule has 0 aliphatic carbocycles. The quantitative estimate of drug-likeness (QED) is 0.738. The molecule has 2 aromatic rings. The Morgan fingerprint density at radius 3 is 2.74 bits per heavy atom. The largest absolute Gasteiger partial charge is 0.487 e. The highest BCUT2D eigenvalue weighted by molar-refractivity contribution is 6.36. The maximum atomic E-state index is 13.8. The number of hydrogen-bond acceptors (Lipinski definition) is 4. The molecule has 3 aliphatic heterocycles. The van der Waals surface area contributed by atoms with Gasteiger partial charge >= 0.3 is 5.97 Å². The number of carbonyl (C=O) groups is 2. The first kappa shape index (κ1) is 19.8. The number of fused-ring (bicyclic) bond motifs is 2. The van der Waals surface area contributed by atoms with Crippen LogP contribution in [0.2, 0.25) is 0 Å². The molecular weight excluding hydrogens is 399 g/mol. The molecule has 1 saturated heterocycles. The fourth-order valence-electron chi connectivity index (χ4n) is 4.63. The summed E-state index contributed by atoms with van der Waals surface area (Å²) in [5.74, 6) is -1.08. The number of benzene rings is 2. The molecule has 1 fully saturated rings. The van der Waals surface area contributed by atoms with E-state index in [2.05, 4.69) is 16.3 Å². The number of nitrogens with zero attached hydrogens (tertiary/aromatic N) is 1. The number of anilines is 1. The van der Waals surface area contributed by atoms with Crippen LogP contribution in [-0.2, 0) is 27.4 Å². The number of hydrogen-bond donors (Lipinski definition) is 2. The molecule has 0 aromatic heterocycles. The number of aliphatic carboxylic acids is 1. The molecule has 3 aliphatic rings. The van der Waals surface area contributed by atoms with E-state index in [0.717, 1.165) is 37.2 Å². The van der Waals surface area contributed by atoms with E-state index in [0.29, 0.717) is 42.0 Å². The Balaban J connectivity index is 1.32. The lowest BCUT2D eigenvalue weighted by molar-refractivity contribution is -0.143. The Bertz CT molecular complexity index is 1100. The summed E-state index contributed by atoms with van der Waals surface area (Å²) < 4.78 is 19.7. The molecule has 0 saturated carbocycles. The number of halogens is 1. The number of carboxylic acid groups (broad SMARTS) is 1. The van der Waals surface area contributed by atoms with Gasteiger partial charge in [0.2, 0.25) is 0 Å². The number of likely N-dealkylation sites (tertiary alicyclic amines) is 1. The summed E-state index contributed by atoms with van der Waals surface area (Å²) in [6.45, 7) is 2.89. The predicted octanol–water partition coefficient (Wildman–Crippen LogP) is 3.52. The van der Waals surface area contributed by atoms with Gasteiger partial charge in [0, 0.05) is 28.9 Å². The summed E-state index contributed by atoms with van der Waals surface area (Å²) in [4.78, 5) is 25.9.